The predicted octanol–water partition coefficient (Wildman–Crippen LogP) is 3.82. The number of halogens is 1. The molecule has 1 unspecified atom stereocenters. The normalized spacial score (nSPS) is 21.7. The largest absolute Gasteiger partial charge is 0.317 e. The molecule has 1 aliphatic heterocycles. The van der Waals surface area contributed by atoms with Gasteiger partial charge >= 0.3 is 0 Å². The highest BCUT2D eigenvalue weighted by Gasteiger charge is 2.12. The second-order valence-corrected chi connectivity index (χ2v) is 5.76. The molecule has 1 aromatic carbocycles. The van der Waals surface area contributed by atoms with Gasteiger partial charge in [-0.1, -0.05) is 23.7 Å². The topological polar surface area (TPSA) is 12.0 Å². The highest BCUT2D eigenvalue weighted by atomic mass is 35.5. The van der Waals surface area contributed by atoms with E-state index in [-0.39, 0.29) is 0 Å². The Bertz CT molecular complexity index is 321. The predicted molar refractivity (Wildman–Crippen MR) is 72.4 cm³/mol. The van der Waals surface area contributed by atoms with E-state index in [1.54, 1.807) is 0 Å². The third-order valence-corrected chi connectivity index (χ3v) is 4.75. The summed E-state index contributed by atoms with van der Waals surface area (Å²) in [6.45, 7) is 2.36. The molecule has 16 heavy (non-hydrogen) atoms. The van der Waals surface area contributed by atoms with Crippen molar-refractivity contribution in [3.05, 3.63) is 29.3 Å². The molecule has 88 valence electrons. The van der Waals surface area contributed by atoms with Crippen LogP contribution >= 0.6 is 23.4 Å². The molecule has 1 N–H and O–H groups in total. The molecule has 1 saturated heterocycles. The molecule has 3 heteroatoms. The van der Waals surface area contributed by atoms with Crippen LogP contribution in [-0.2, 0) is 0 Å². The summed E-state index contributed by atoms with van der Waals surface area (Å²) in [6, 6.07) is 8.13. The standard InChI is InChI=1S/C13H18ClNS/c14-12-5-1-2-6-13(12)16-10-11-4-3-8-15-9-7-11/h1-2,5-6,11,15H,3-4,7-10H2. The number of rotatable bonds is 3. The van der Waals surface area contributed by atoms with Gasteiger partial charge in [0.05, 0.1) is 5.02 Å². The van der Waals surface area contributed by atoms with Crippen molar-refractivity contribution >= 4 is 23.4 Å². The van der Waals surface area contributed by atoms with Gasteiger partial charge in [0, 0.05) is 10.6 Å². The van der Waals surface area contributed by atoms with E-state index >= 15 is 0 Å². The average Bonchev–Trinajstić information content (AvgIpc) is 2.56. The molecule has 1 fully saturated rings. The van der Waals surface area contributed by atoms with Gasteiger partial charge in [-0.15, -0.1) is 11.8 Å². The summed E-state index contributed by atoms with van der Waals surface area (Å²) in [7, 11) is 0. The van der Waals surface area contributed by atoms with Gasteiger partial charge in [-0.3, -0.25) is 0 Å². The van der Waals surface area contributed by atoms with Crippen molar-refractivity contribution in [1.29, 1.82) is 0 Å². The maximum Gasteiger partial charge on any atom is 0.0541 e. The molecule has 0 amide bonds. The number of hydrogen-bond acceptors (Lipinski definition) is 2. The fourth-order valence-corrected chi connectivity index (χ4v) is 3.46. The molecule has 1 aliphatic rings. The molecule has 1 atom stereocenters. The van der Waals surface area contributed by atoms with Crippen LogP contribution in [0.3, 0.4) is 0 Å². The lowest BCUT2D eigenvalue weighted by atomic mass is 10.0. The molecule has 1 nitrogen and oxygen atoms in total. The molecular weight excluding hydrogens is 238 g/mol. The first-order valence-corrected chi connectivity index (χ1v) is 7.30. The summed E-state index contributed by atoms with van der Waals surface area (Å²) in [5.74, 6) is 2.04. The summed E-state index contributed by atoms with van der Waals surface area (Å²) in [5.41, 5.74) is 0. The van der Waals surface area contributed by atoms with E-state index in [2.05, 4.69) is 17.4 Å². The second-order valence-electron chi connectivity index (χ2n) is 4.29. The summed E-state index contributed by atoms with van der Waals surface area (Å²) >= 11 is 8.04. The highest BCUT2D eigenvalue weighted by Crippen LogP contribution is 2.30. The monoisotopic (exact) mass is 255 g/mol. The maximum atomic E-state index is 6.14. The van der Waals surface area contributed by atoms with E-state index in [4.69, 9.17) is 11.6 Å². The Kier molecular flexibility index (Phi) is 5.01. The molecule has 0 spiro atoms. The Morgan fingerprint density at radius 2 is 2.12 bits per heavy atom. The van der Waals surface area contributed by atoms with Crippen molar-refractivity contribution in [3.8, 4) is 0 Å². The van der Waals surface area contributed by atoms with Gasteiger partial charge in [0.15, 0.2) is 0 Å². The molecule has 0 saturated carbocycles. The summed E-state index contributed by atoms with van der Waals surface area (Å²) < 4.78 is 0. The fraction of sp³-hybridized carbons (Fsp3) is 0.538. The lowest BCUT2D eigenvalue weighted by Gasteiger charge is -2.13. The number of benzene rings is 1. The zero-order chi connectivity index (χ0) is 11.2. The smallest absolute Gasteiger partial charge is 0.0541 e. The van der Waals surface area contributed by atoms with Gasteiger partial charge in [-0.2, -0.15) is 0 Å². The van der Waals surface area contributed by atoms with Crippen LogP contribution in [0.2, 0.25) is 5.02 Å². The Morgan fingerprint density at radius 1 is 1.25 bits per heavy atom. The van der Waals surface area contributed by atoms with E-state index in [1.165, 1.54) is 43.0 Å². The summed E-state index contributed by atoms with van der Waals surface area (Å²) in [4.78, 5) is 1.22. The zero-order valence-electron chi connectivity index (χ0n) is 9.42. The zero-order valence-corrected chi connectivity index (χ0v) is 11.0. The maximum absolute atomic E-state index is 6.14. The van der Waals surface area contributed by atoms with Gasteiger partial charge in [0.1, 0.15) is 0 Å². The minimum atomic E-state index is 0.844. The summed E-state index contributed by atoms with van der Waals surface area (Å²) in [6.07, 6.45) is 3.97. The highest BCUT2D eigenvalue weighted by molar-refractivity contribution is 7.99. The van der Waals surface area contributed by atoms with Crippen molar-refractivity contribution in [3.63, 3.8) is 0 Å². The van der Waals surface area contributed by atoms with Crippen LogP contribution in [0.25, 0.3) is 0 Å². The lowest BCUT2D eigenvalue weighted by Crippen LogP contribution is -2.14. The van der Waals surface area contributed by atoms with E-state index < -0.39 is 0 Å². The Balaban J connectivity index is 1.84. The molecule has 0 aromatic heterocycles. The first-order valence-electron chi connectivity index (χ1n) is 5.94. The Labute approximate surface area is 107 Å². The Morgan fingerprint density at radius 3 is 3.00 bits per heavy atom. The van der Waals surface area contributed by atoms with Crippen LogP contribution in [0.15, 0.2) is 29.2 Å². The van der Waals surface area contributed by atoms with E-state index in [0.717, 1.165) is 10.9 Å². The minimum Gasteiger partial charge on any atom is -0.317 e. The van der Waals surface area contributed by atoms with Gasteiger partial charge in [-0.25, -0.2) is 0 Å². The molecule has 0 radical (unpaired) electrons. The van der Waals surface area contributed by atoms with Crippen molar-refractivity contribution in [2.75, 3.05) is 18.8 Å². The third kappa shape index (κ3) is 3.69. The van der Waals surface area contributed by atoms with Crippen molar-refractivity contribution in [2.45, 2.75) is 24.2 Å². The van der Waals surface area contributed by atoms with E-state index in [0.29, 0.717) is 0 Å². The third-order valence-electron chi connectivity index (χ3n) is 3.01. The van der Waals surface area contributed by atoms with Crippen LogP contribution in [0.1, 0.15) is 19.3 Å². The molecule has 2 rings (SSSR count). The molecule has 0 aliphatic carbocycles. The van der Waals surface area contributed by atoms with Crippen molar-refractivity contribution in [2.24, 2.45) is 5.92 Å². The van der Waals surface area contributed by atoms with Crippen molar-refractivity contribution in [1.82, 2.24) is 5.32 Å². The molecule has 1 heterocycles. The first kappa shape index (κ1) is 12.3. The SMILES string of the molecule is Clc1ccccc1SCC1CCCNCC1. The van der Waals surface area contributed by atoms with Gasteiger partial charge < -0.3 is 5.32 Å². The number of hydrogen-bond donors (Lipinski definition) is 1. The quantitative estimate of drug-likeness (QED) is 0.824. The van der Waals surface area contributed by atoms with Gasteiger partial charge in [0.25, 0.3) is 0 Å². The number of nitrogens with one attached hydrogen (secondary N) is 1. The van der Waals surface area contributed by atoms with Crippen LogP contribution in [-0.4, -0.2) is 18.8 Å². The van der Waals surface area contributed by atoms with E-state index in [1.807, 2.05) is 23.9 Å². The Hall–Kier alpha value is -0.180. The first-order chi connectivity index (χ1) is 7.86. The van der Waals surface area contributed by atoms with Crippen molar-refractivity contribution < 1.29 is 0 Å². The molecule has 0 bridgehead atoms. The number of thioether (sulfide) groups is 1. The molecule has 1 aromatic rings. The lowest BCUT2D eigenvalue weighted by molar-refractivity contribution is 0.528. The van der Waals surface area contributed by atoms with Crippen LogP contribution in [0.5, 0.6) is 0 Å². The van der Waals surface area contributed by atoms with Crippen LogP contribution < -0.4 is 5.32 Å². The van der Waals surface area contributed by atoms with E-state index in [9.17, 15) is 0 Å². The van der Waals surface area contributed by atoms with Gasteiger partial charge in [0.2, 0.25) is 0 Å². The summed E-state index contributed by atoms with van der Waals surface area (Å²) in [5, 5.41) is 4.34. The van der Waals surface area contributed by atoms with Gasteiger partial charge in [-0.05, 0) is 50.4 Å². The minimum absolute atomic E-state index is 0.844. The molecular formula is C13H18ClNS. The second kappa shape index (κ2) is 6.53. The van der Waals surface area contributed by atoms with Crippen LogP contribution in [0.4, 0.5) is 0 Å². The van der Waals surface area contributed by atoms with Crippen LogP contribution in [0, 0.1) is 5.92 Å². The fourth-order valence-electron chi connectivity index (χ4n) is 2.03. The average molecular weight is 256 g/mol.